The number of hydrogen-bond acceptors (Lipinski definition) is 5. The fourth-order valence-electron chi connectivity index (χ4n) is 3.38. The Bertz CT molecular complexity index is 1280. The van der Waals surface area contributed by atoms with Crippen molar-refractivity contribution in [3.8, 4) is 50.9 Å². The third-order valence-electron chi connectivity index (χ3n) is 5.11. The van der Waals surface area contributed by atoms with E-state index >= 15 is 0 Å². The molecule has 2 heterocycles. The van der Waals surface area contributed by atoms with Crippen molar-refractivity contribution < 1.29 is 9.15 Å². The maximum absolute atomic E-state index is 5.93. The van der Waals surface area contributed by atoms with Gasteiger partial charge in [-0.05, 0) is 64.7 Å². The molecule has 0 saturated carbocycles. The molecular formula is C26H19N3O2. The molecular weight excluding hydrogens is 386 g/mol. The molecule has 0 aliphatic carbocycles. The number of benzene rings is 3. The quantitative estimate of drug-likeness (QED) is 0.351. The largest absolute Gasteiger partial charge is 0.497 e. The molecule has 0 spiro atoms. The van der Waals surface area contributed by atoms with Gasteiger partial charge in [0.25, 0.3) is 0 Å². The molecule has 150 valence electrons. The van der Waals surface area contributed by atoms with Gasteiger partial charge in [-0.3, -0.25) is 4.98 Å². The lowest BCUT2D eigenvalue weighted by Gasteiger charge is -2.04. The standard InChI is InChI=1S/C26H19N3O2/c1-30-24-14-12-19(13-15-24)18-4-8-21(9-5-18)25-28-29-26(31-25)22-10-6-20(7-11-22)23-3-2-16-27-17-23/h2-17H,1H3. The van der Waals surface area contributed by atoms with Crippen LogP contribution in [0.25, 0.3) is 45.2 Å². The van der Waals surface area contributed by atoms with Gasteiger partial charge in [0.05, 0.1) is 7.11 Å². The molecule has 31 heavy (non-hydrogen) atoms. The van der Waals surface area contributed by atoms with Crippen LogP contribution >= 0.6 is 0 Å². The van der Waals surface area contributed by atoms with Gasteiger partial charge in [-0.25, -0.2) is 0 Å². The van der Waals surface area contributed by atoms with Gasteiger partial charge in [0.2, 0.25) is 11.8 Å². The summed E-state index contributed by atoms with van der Waals surface area (Å²) in [5.41, 5.74) is 6.14. The zero-order valence-corrected chi connectivity index (χ0v) is 16.9. The molecule has 5 heteroatoms. The predicted molar refractivity (Wildman–Crippen MR) is 120 cm³/mol. The van der Waals surface area contributed by atoms with E-state index in [1.54, 1.807) is 13.3 Å². The highest BCUT2D eigenvalue weighted by atomic mass is 16.5. The Balaban J connectivity index is 1.35. The fraction of sp³-hybridized carbons (Fsp3) is 0.0385. The van der Waals surface area contributed by atoms with Crippen LogP contribution in [0.4, 0.5) is 0 Å². The first-order valence-electron chi connectivity index (χ1n) is 9.89. The van der Waals surface area contributed by atoms with Crippen molar-refractivity contribution in [1.82, 2.24) is 15.2 Å². The lowest BCUT2D eigenvalue weighted by Crippen LogP contribution is -1.83. The molecule has 0 fully saturated rings. The summed E-state index contributed by atoms with van der Waals surface area (Å²) in [5, 5.41) is 8.45. The Labute approximate surface area is 180 Å². The molecule has 0 bridgehead atoms. The molecule has 5 aromatic rings. The first-order chi connectivity index (χ1) is 15.3. The van der Waals surface area contributed by atoms with E-state index in [0.29, 0.717) is 11.8 Å². The fourth-order valence-corrected chi connectivity index (χ4v) is 3.38. The Morgan fingerprint density at radius 3 is 1.55 bits per heavy atom. The molecule has 0 saturated heterocycles. The zero-order chi connectivity index (χ0) is 21.0. The molecule has 0 unspecified atom stereocenters. The summed E-state index contributed by atoms with van der Waals surface area (Å²) >= 11 is 0. The minimum Gasteiger partial charge on any atom is -0.497 e. The van der Waals surface area contributed by atoms with Gasteiger partial charge in [-0.1, -0.05) is 42.5 Å². The van der Waals surface area contributed by atoms with Crippen LogP contribution in [0.15, 0.2) is 102 Å². The highest BCUT2D eigenvalue weighted by molar-refractivity contribution is 5.69. The summed E-state index contributed by atoms with van der Waals surface area (Å²) in [5.74, 6) is 1.83. The number of pyridine rings is 1. The van der Waals surface area contributed by atoms with Gasteiger partial charge in [0.15, 0.2) is 0 Å². The summed E-state index contributed by atoms with van der Waals surface area (Å²) in [7, 11) is 1.66. The van der Waals surface area contributed by atoms with Gasteiger partial charge in [-0.2, -0.15) is 0 Å². The van der Waals surface area contributed by atoms with E-state index in [1.165, 1.54) is 0 Å². The zero-order valence-electron chi connectivity index (χ0n) is 16.9. The van der Waals surface area contributed by atoms with Crippen LogP contribution in [0.3, 0.4) is 0 Å². The summed E-state index contributed by atoms with van der Waals surface area (Å²) in [4.78, 5) is 4.17. The Hall–Kier alpha value is -4.25. The number of ether oxygens (including phenoxy) is 1. The minimum atomic E-state index is 0.493. The van der Waals surface area contributed by atoms with E-state index in [4.69, 9.17) is 9.15 Å². The summed E-state index contributed by atoms with van der Waals surface area (Å²) in [6, 6.07) is 28.0. The summed E-state index contributed by atoms with van der Waals surface area (Å²) in [6.07, 6.45) is 3.61. The third kappa shape index (κ3) is 3.94. The average molecular weight is 405 g/mol. The maximum atomic E-state index is 5.93. The predicted octanol–water partition coefficient (Wildman–Crippen LogP) is 6.14. The summed E-state index contributed by atoms with van der Waals surface area (Å²) < 4.78 is 11.1. The van der Waals surface area contributed by atoms with Crippen LogP contribution in [0.5, 0.6) is 5.75 Å². The highest BCUT2D eigenvalue weighted by Crippen LogP contribution is 2.28. The van der Waals surface area contributed by atoms with Crippen molar-refractivity contribution in [1.29, 1.82) is 0 Å². The Kier molecular flexibility index (Phi) is 4.99. The monoisotopic (exact) mass is 405 g/mol. The van der Waals surface area contributed by atoms with Crippen molar-refractivity contribution in [3.63, 3.8) is 0 Å². The van der Waals surface area contributed by atoms with Crippen LogP contribution in [-0.2, 0) is 0 Å². The van der Waals surface area contributed by atoms with Crippen molar-refractivity contribution >= 4 is 0 Å². The van der Waals surface area contributed by atoms with Crippen molar-refractivity contribution in [2.24, 2.45) is 0 Å². The molecule has 0 atom stereocenters. The van der Waals surface area contributed by atoms with Gasteiger partial charge < -0.3 is 9.15 Å². The number of methoxy groups -OCH3 is 1. The lowest BCUT2D eigenvalue weighted by molar-refractivity contribution is 0.415. The van der Waals surface area contributed by atoms with Crippen LogP contribution < -0.4 is 4.74 Å². The molecule has 5 rings (SSSR count). The molecule has 0 amide bonds. The van der Waals surface area contributed by atoms with Crippen molar-refractivity contribution in [3.05, 3.63) is 97.3 Å². The molecule has 0 aliphatic rings. The van der Waals surface area contributed by atoms with Gasteiger partial charge >= 0.3 is 0 Å². The van der Waals surface area contributed by atoms with Crippen LogP contribution in [-0.4, -0.2) is 22.3 Å². The second-order valence-corrected chi connectivity index (χ2v) is 7.04. The topological polar surface area (TPSA) is 61.0 Å². The highest BCUT2D eigenvalue weighted by Gasteiger charge is 2.11. The van der Waals surface area contributed by atoms with Gasteiger partial charge in [0, 0.05) is 23.5 Å². The van der Waals surface area contributed by atoms with Crippen LogP contribution in [0.1, 0.15) is 0 Å². The van der Waals surface area contributed by atoms with Crippen LogP contribution in [0, 0.1) is 0 Å². The molecule has 5 nitrogen and oxygen atoms in total. The molecule has 3 aromatic carbocycles. The number of rotatable bonds is 5. The first kappa shape index (κ1) is 18.8. The normalized spacial score (nSPS) is 10.7. The van der Waals surface area contributed by atoms with Gasteiger partial charge in [0.1, 0.15) is 5.75 Å². The number of aromatic nitrogens is 3. The maximum Gasteiger partial charge on any atom is 0.248 e. The van der Waals surface area contributed by atoms with Crippen molar-refractivity contribution in [2.45, 2.75) is 0 Å². The Morgan fingerprint density at radius 2 is 1.06 bits per heavy atom. The Morgan fingerprint density at radius 1 is 0.581 bits per heavy atom. The molecule has 0 aliphatic heterocycles. The molecule has 0 radical (unpaired) electrons. The van der Waals surface area contributed by atoms with E-state index in [9.17, 15) is 0 Å². The number of nitrogens with zero attached hydrogens (tertiary/aromatic N) is 3. The number of hydrogen-bond donors (Lipinski definition) is 0. The van der Waals surface area contributed by atoms with E-state index < -0.39 is 0 Å². The van der Waals surface area contributed by atoms with E-state index in [-0.39, 0.29) is 0 Å². The van der Waals surface area contributed by atoms with Gasteiger partial charge in [-0.15, -0.1) is 10.2 Å². The summed E-state index contributed by atoms with van der Waals surface area (Å²) in [6.45, 7) is 0. The lowest BCUT2D eigenvalue weighted by atomic mass is 10.0. The SMILES string of the molecule is COc1ccc(-c2ccc(-c3nnc(-c4ccc(-c5cccnc5)cc4)o3)cc2)cc1. The van der Waals surface area contributed by atoms with E-state index in [0.717, 1.165) is 39.1 Å². The smallest absolute Gasteiger partial charge is 0.248 e. The average Bonchev–Trinajstić information content (AvgIpc) is 3.35. The molecule has 0 N–H and O–H groups in total. The minimum absolute atomic E-state index is 0.493. The second-order valence-electron chi connectivity index (χ2n) is 7.04. The second kappa shape index (κ2) is 8.24. The first-order valence-corrected chi connectivity index (χ1v) is 9.89. The van der Waals surface area contributed by atoms with E-state index in [1.807, 2.05) is 91.1 Å². The van der Waals surface area contributed by atoms with Crippen LogP contribution in [0.2, 0.25) is 0 Å². The van der Waals surface area contributed by atoms with E-state index in [2.05, 4.69) is 15.2 Å². The van der Waals surface area contributed by atoms with Crippen molar-refractivity contribution in [2.75, 3.05) is 7.11 Å². The third-order valence-corrected chi connectivity index (χ3v) is 5.11. The molecule has 2 aromatic heterocycles.